The summed E-state index contributed by atoms with van der Waals surface area (Å²) >= 11 is 0. The van der Waals surface area contributed by atoms with E-state index in [0.29, 0.717) is 12.3 Å². The first-order valence-corrected chi connectivity index (χ1v) is 6.57. The predicted molar refractivity (Wildman–Crippen MR) is 72.4 cm³/mol. The fourth-order valence-electron chi connectivity index (χ4n) is 2.52. The van der Waals surface area contributed by atoms with Crippen molar-refractivity contribution in [1.29, 1.82) is 0 Å². The normalized spacial score (nSPS) is 26.8. The molecular formula is C16H22O2. The maximum Gasteiger partial charge on any atom is 0.306 e. The summed E-state index contributed by atoms with van der Waals surface area (Å²) in [5.74, 6) is 0.426. The molecule has 0 bridgehead atoms. The summed E-state index contributed by atoms with van der Waals surface area (Å²) in [5.41, 5.74) is 1.04. The van der Waals surface area contributed by atoms with E-state index in [-0.39, 0.29) is 17.0 Å². The van der Waals surface area contributed by atoms with Gasteiger partial charge in [-0.2, -0.15) is 0 Å². The summed E-state index contributed by atoms with van der Waals surface area (Å²) < 4.78 is 5.40. The lowest BCUT2D eigenvalue weighted by atomic mass is 9.97. The highest BCUT2D eigenvalue weighted by molar-refractivity contribution is 5.71. The number of carbonyl (C=O) groups is 1. The van der Waals surface area contributed by atoms with Crippen LogP contribution in [-0.4, -0.2) is 11.6 Å². The number of benzene rings is 1. The summed E-state index contributed by atoms with van der Waals surface area (Å²) in [6, 6.07) is 10.4. The smallest absolute Gasteiger partial charge is 0.306 e. The molecule has 1 aliphatic carbocycles. The van der Waals surface area contributed by atoms with Crippen LogP contribution >= 0.6 is 0 Å². The van der Waals surface area contributed by atoms with Gasteiger partial charge in [0.1, 0.15) is 5.60 Å². The Morgan fingerprint density at radius 1 is 1.33 bits per heavy atom. The summed E-state index contributed by atoms with van der Waals surface area (Å²) in [4.78, 5) is 11.9. The Balaban J connectivity index is 1.94. The van der Waals surface area contributed by atoms with E-state index in [4.69, 9.17) is 4.74 Å². The topological polar surface area (TPSA) is 26.3 Å². The van der Waals surface area contributed by atoms with Gasteiger partial charge in [0.05, 0.1) is 6.42 Å². The van der Waals surface area contributed by atoms with E-state index in [9.17, 15) is 4.79 Å². The van der Waals surface area contributed by atoms with Gasteiger partial charge in [-0.05, 0) is 44.1 Å². The highest BCUT2D eigenvalue weighted by Gasteiger charge is 2.52. The lowest BCUT2D eigenvalue weighted by molar-refractivity contribution is -0.156. The van der Waals surface area contributed by atoms with Gasteiger partial charge in [-0.25, -0.2) is 0 Å². The zero-order chi connectivity index (χ0) is 13.4. The first-order chi connectivity index (χ1) is 8.30. The molecule has 0 aromatic heterocycles. The molecule has 0 N–H and O–H groups in total. The monoisotopic (exact) mass is 246 g/mol. The van der Waals surface area contributed by atoms with E-state index in [1.54, 1.807) is 0 Å². The summed E-state index contributed by atoms with van der Waals surface area (Å²) in [6.07, 6.45) is 1.60. The van der Waals surface area contributed by atoms with Gasteiger partial charge in [0.25, 0.3) is 0 Å². The molecule has 1 saturated carbocycles. The molecule has 0 amide bonds. The van der Waals surface area contributed by atoms with Crippen molar-refractivity contribution < 1.29 is 9.53 Å². The Labute approximate surface area is 109 Å². The zero-order valence-electron chi connectivity index (χ0n) is 11.7. The van der Waals surface area contributed by atoms with Gasteiger partial charge in [-0.1, -0.05) is 37.3 Å². The van der Waals surface area contributed by atoms with E-state index in [2.05, 4.69) is 31.2 Å². The summed E-state index contributed by atoms with van der Waals surface area (Å²) in [6.45, 7) is 7.91. The van der Waals surface area contributed by atoms with Crippen molar-refractivity contribution in [3.8, 4) is 0 Å². The number of ether oxygens (including phenoxy) is 1. The van der Waals surface area contributed by atoms with Gasteiger partial charge in [0.15, 0.2) is 0 Å². The molecule has 1 aromatic rings. The Morgan fingerprint density at radius 2 is 1.94 bits per heavy atom. The van der Waals surface area contributed by atoms with Crippen LogP contribution in [0.15, 0.2) is 30.3 Å². The average molecular weight is 246 g/mol. The van der Waals surface area contributed by atoms with E-state index in [1.165, 1.54) is 5.56 Å². The van der Waals surface area contributed by atoms with Crippen molar-refractivity contribution in [3.05, 3.63) is 35.9 Å². The molecule has 2 atom stereocenters. The Kier molecular flexibility index (Phi) is 3.22. The van der Waals surface area contributed by atoms with E-state index < -0.39 is 0 Å². The predicted octanol–water partition coefficient (Wildman–Crippen LogP) is 3.91. The van der Waals surface area contributed by atoms with Crippen molar-refractivity contribution >= 4 is 5.97 Å². The number of carbonyl (C=O) groups excluding carboxylic acids is 1. The number of hydrogen-bond donors (Lipinski definition) is 0. The van der Waals surface area contributed by atoms with Gasteiger partial charge in [-0.3, -0.25) is 4.79 Å². The van der Waals surface area contributed by atoms with Crippen LogP contribution in [-0.2, 0) is 9.53 Å². The van der Waals surface area contributed by atoms with Crippen LogP contribution < -0.4 is 0 Å². The largest absolute Gasteiger partial charge is 0.460 e. The molecule has 18 heavy (non-hydrogen) atoms. The highest BCUT2D eigenvalue weighted by Crippen LogP contribution is 2.61. The Hall–Kier alpha value is -1.31. The molecule has 0 aliphatic heterocycles. The summed E-state index contributed by atoms with van der Waals surface area (Å²) in [7, 11) is 0. The fraction of sp³-hybridized carbons (Fsp3) is 0.562. The van der Waals surface area contributed by atoms with Crippen molar-refractivity contribution in [2.45, 2.75) is 52.1 Å². The van der Waals surface area contributed by atoms with Crippen molar-refractivity contribution in [2.75, 3.05) is 0 Å². The fourth-order valence-corrected chi connectivity index (χ4v) is 2.52. The first kappa shape index (κ1) is 13.1. The molecule has 0 unspecified atom stereocenters. The molecular weight excluding hydrogens is 224 g/mol. The van der Waals surface area contributed by atoms with Gasteiger partial charge >= 0.3 is 5.97 Å². The molecule has 0 radical (unpaired) electrons. The van der Waals surface area contributed by atoms with Gasteiger partial charge < -0.3 is 4.74 Å². The zero-order valence-corrected chi connectivity index (χ0v) is 11.7. The third kappa shape index (κ3) is 3.12. The second-order valence-electron chi connectivity index (χ2n) is 6.58. The minimum atomic E-state index is -0.384. The third-order valence-electron chi connectivity index (χ3n) is 3.52. The molecule has 2 heteroatoms. The number of hydrogen-bond acceptors (Lipinski definition) is 2. The molecule has 1 fully saturated rings. The minimum Gasteiger partial charge on any atom is -0.460 e. The second-order valence-corrected chi connectivity index (χ2v) is 6.58. The van der Waals surface area contributed by atoms with Crippen molar-refractivity contribution in [2.24, 2.45) is 5.41 Å². The molecule has 0 heterocycles. The lowest BCUT2D eigenvalue weighted by Gasteiger charge is -2.21. The SMILES string of the molecule is CC(C)(C)OC(=O)C[C@]1(C)C[C@H]1c1ccccc1. The average Bonchev–Trinajstić information content (AvgIpc) is 2.88. The Bertz CT molecular complexity index is 430. The van der Waals surface area contributed by atoms with Gasteiger partial charge in [0, 0.05) is 0 Å². The van der Waals surface area contributed by atoms with Crippen LogP contribution in [0.4, 0.5) is 0 Å². The lowest BCUT2D eigenvalue weighted by Crippen LogP contribution is -2.25. The van der Waals surface area contributed by atoms with Crippen LogP contribution in [0.1, 0.15) is 52.0 Å². The van der Waals surface area contributed by atoms with E-state index in [0.717, 1.165) is 6.42 Å². The molecule has 0 saturated heterocycles. The second kappa shape index (κ2) is 4.42. The van der Waals surface area contributed by atoms with Crippen LogP contribution in [0.5, 0.6) is 0 Å². The molecule has 1 aliphatic rings. The van der Waals surface area contributed by atoms with E-state index >= 15 is 0 Å². The molecule has 98 valence electrons. The number of rotatable bonds is 3. The van der Waals surface area contributed by atoms with Crippen molar-refractivity contribution in [1.82, 2.24) is 0 Å². The third-order valence-corrected chi connectivity index (χ3v) is 3.52. The maximum atomic E-state index is 11.9. The van der Waals surface area contributed by atoms with E-state index in [1.807, 2.05) is 26.8 Å². The Morgan fingerprint density at radius 3 is 2.50 bits per heavy atom. The molecule has 0 spiro atoms. The van der Waals surface area contributed by atoms with Crippen LogP contribution in [0.25, 0.3) is 0 Å². The minimum absolute atomic E-state index is 0.0802. The van der Waals surface area contributed by atoms with Crippen LogP contribution in [0.3, 0.4) is 0 Å². The van der Waals surface area contributed by atoms with Crippen LogP contribution in [0.2, 0.25) is 0 Å². The van der Waals surface area contributed by atoms with Crippen molar-refractivity contribution in [3.63, 3.8) is 0 Å². The maximum absolute atomic E-state index is 11.9. The van der Waals surface area contributed by atoms with Crippen LogP contribution in [0, 0.1) is 5.41 Å². The first-order valence-electron chi connectivity index (χ1n) is 6.57. The molecule has 1 aromatic carbocycles. The van der Waals surface area contributed by atoms with Gasteiger partial charge in [0.2, 0.25) is 0 Å². The summed E-state index contributed by atoms with van der Waals surface area (Å²) in [5, 5.41) is 0. The molecule has 2 rings (SSSR count). The quantitative estimate of drug-likeness (QED) is 0.756. The number of esters is 1. The van der Waals surface area contributed by atoms with Gasteiger partial charge in [-0.15, -0.1) is 0 Å². The highest BCUT2D eigenvalue weighted by atomic mass is 16.6. The standard InChI is InChI=1S/C16H22O2/c1-15(2,3)18-14(17)11-16(4)10-13(16)12-8-6-5-7-9-12/h5-9,13H,10-11H2,1-4H3/t13-,16-/m0/s1. The molecule has 2 nitrogen and oxygen atoms in total.